The molecule has 0 saturated carbocycles. The molecule has 3 unspecified atom stereocenters. The zero-order valence-corrected chi connectivity index (χ0v) is 14.4. The molecule has 7 nitrogen and oxygen atoms in total. The van der Waals surface area contributed by atoms with Gasteiger partial charge in [0.05, 0.1) is 17.6 Å². The zero-order valence-electron chi connectivity index (χ0n) is 14.4. The number of rotatable bonds is 3. The van der Waals surface area contributed by atoms with Crippen molar-refractivity contribution in [1.82, 2.24) is 10.2 Å². The van der Waals surface area contributed by atoms with Gasteiger partial charge in [0.15, 0.2) is 0 Å². The summed E-state index contributed by atoms with van der Waals surface area (Å²) >= 11 is 0. The molecule has 0 fully saturated rings. The SMILES string of the molecule is CC(C)OC(=O)C1C(c2cccc(O)c2)c2c([nH][nH]c2=O)CC1(C)O. The number of aromatic amines is 2. The van der Waals surface area contributed by atoms with Gasteiger partial charge in [-0.3, -0.25) is 14.7 Å². The number of phenolic OH excluding ortho intramolecular Hbond substituents is 1. The van der Waals surface area contributed by atoms with Gasteiger partial charge in [0.25, 0.3) is 5.56 Å². The molecule has 1 aromatic heterocycles. The summed E-state index contributed by atoms with van der Waals surface area (Å²) in [5, 5.41) is 26.1. The molecule has 2 aromatic rings. The first-order valence-electron chi connectivity index (χ1n) is 8.22. The predicted octanol–water partition coefficient (Wildman–Crippen LogP) is 1.42. The van der Waals surface area contributed by atoms with Crippen molar-refractivity contribution in [1.29, 1.82) is 0 Å². The fourth-order valence-electron chi connectivity index (χ4n) is 3.64. The van der Waals surface area contributed by atoms with E-state index in [9.17, 15) is 19.8 Å². The Hall–Kier alpha value is -2.54. The van der Waals surface area contributed by atoms with Crippen molar-refractivity contribution in [2.45, 2.75) is 44.8 Å². The lowest BCUT2D eigenvalue weighted by molar-refractivity contribution is -0.163. The number of aliphatic hydroxyl groups is 1. The molecule has 25 heavy (non-hydrogen) atoms. The van der Waals surface area contributed by atoms with Crippen LogP contribution in [0.4, 0.5) is 0 Å². The minimum Gasteiger partial charge on any atom is -0.508 e. The fraction of sp³-hybridized carbons (Fsp3) is 0.444. The second kappa shape index (κ2) is 6.07. The lowest BCUT2D eigenvalue weighted by atomic mass is 9.66. The van der Waals surface area contributed by atoms with Crippen molar-refractivity contribution in [3.8, 4) is 5.75 Å². The van der Waals surface area contributed by atoms with Gasteiger partial charge in [-0.25, -0.2) is 0 Å². The Labute approximate surface area is 144 Å². The lowest BCUT2D eigenvalue weighted by Crippen LogP contribution is -2.50. The van der Waals surface area contributed by atoms with Gasteiger partial charge in [-0.1, -0.05) is 12.1 Å². The molecule has 1 aliphatic rings. The average molecular weight is 346 g/mol. The van der Waals surface area contributed by atoms with Crippen LogP contribution in [0.15, 0.2) is 29.1 Å². The maximum atomic E-state index is 12.8. The maximum absolute atomic E-state index is 12.8. The van der Waals surface area contributed by atoms with E-state index < -0.39 is 23.4 Å². The summed E-state index contributed by atoms with van der Waals surface area (Å²) < 4.78 is 5.35. The van der Waals surface area contributed by atoms with E-state index in [-0.39, 0.29) is 23.8 Å². The molecule has 0 aliphatic heterocycles. The van der Waals surface area contributed by atoms with Gasteiger partial charge in [0, 0.05) is 23.6 Å². The van der Waals surface area contributed by atoms with Crippen molar-refractivity contribution in [2.24, 2.45) is 5.92 Å². The van der Waals surface area contributed by atoms with Gasteiger partial charge in [-0.2, -0.15) is 0 Å². The molecule has 134 valence electrons. The molecule has 0 saturated heterocycles. The second-order valence-electron chi connectivity index (χ2n) is 7.04. The molecular weight excluding hydrogens is 324 g/mol. The van der Waals surface area contributed by atoms with Gasteiger partial charge in [0.2, 0.25) is 0 Å². The van der Waals surface area contributed by atoms with E-state index in [0.29, 0.717) is 16.8 Å². The number of carbonyl (C=O) groups excluding carboxylic acids is 1. The van der Waals surface area contributed by atoms with Crippen LogP contribution < -0.4 is 5.56 Å². The van der Waals surface area contributed by atoms with E-state index in [4.69, 9.17) is 4.74 Å². The molecule has 0 bridgehead atoms. The topological polar surface area (TPSA) is 115 Å². The summed E-state index contributed by atoms with van der Waals surface area (Å²) in [4.78, 5) is 25.1. The van der Waals surface area contributed by atoms with Gasteiger partial charge in [-0.05, 0) is 38.5 Å². The van der Waals surface area contributed by atoms with E-state index >= 15 is 0 Å². The molecule has 1 aliphatic carbocycles. The van der Waals surface area contributed by atoms with Gasteiger partial charge in [0.1, 0.15) is 5.75 Å². The number of benzene rings is 1. The van der Waals surface area contributed by atoms with Crippen molar-refractivity contribution in [3.05, 3.63) is 51.4 Å². The van der Waals surface area contributed by atoms with Crippen LogP contribution in [0.25, 0.3) is 0 Å². The summed E-state index contributed by atoms with van der Waals surface area (Å²) in [6.45, 7) is 5.02. The van der Waals surface area contributed by atoms with Crippen LogP contribution in [-0.4, -0.2) is 38.1 Å². The number of hydrogen-bond donors (Lipinski definition) is 4. The summed E-state index contributed by atoms with van der Waals surface area (Å²) in [5.74, 6) is -2.25. The third kappa shape index (κ3) is 3.07. The summed E-state index contributed by atoms with van der Waals surface area (Å²) in [7, 11) is 0. The van der Waals surface area contributed by atoms with Crippen LogP contribution in [0, 0.1) is 5.92 Å². The van der Waals surface area contributed by atoms with Gasteiger partial charge >= 0.3 is 5.97 Å². The van der Waals surface area contributed by atoms with E-state index in [1.807, 2.05) is 0 Å². The van der Waals surface area contributed by atoms with E-state index in [1.165, 1.54) is 12.1 Å². The third-order valence-electron chi connectivity index (χ3n) is 4.58. The first kappa shape index (κ1) is 17.3. The molecule has 0 spiro atoms. The summed E-state index contributed by atoms with van der Waals surface area (Å²) in [6.07, 6.45) is -0.229. The monoisotopic (exact) mass is 346 g/mol. The van der Waals surface area contributed by atoms with Crippen LogP contribution in [0.2, 0.25) is 0 Å². The molecule has 0 radical (unpaired) electrons. The third-order valence-corrected chi connectivity index (χ3v) is 4.58. The lowest BCUT2D eigenvalue weighted by Gasteiger charge is -2.40. The van der Waals surface area contributed by atoms with Crippen molar-refractivity contribution in [2.75, 3.05) is 0 Å². The van der Waals surface area contributed by atoms with E-state index in [0.717, 1.165) is 0 Å². The molecule has 7 heteroatoms. The van der Waals surface area contributed by atoms with Gasteiger partial charge in [-0.15, -0.1) is 0 Å². The number of H-pyrrole nitrogens is 2. The molecule has 3 rings (SSSR count). The highest BCUT2D eigenvalue weighted by Crippen LogP contribution is 2.45. The van der Waals surface area contributed by atoms with Crippen molar-refractivity contribution in [3.63, 3.8) is 0 Å². The largest absolute Gasteiger partial charge is 0.508 e. The Bertz CT molecular complexity index is 849. The highest BCUT2D eigenvalue weighted by atomic mass is 16.5. The molecule has 3 atom stereocenters. The maximum Gasteiger partial charge on any atom is 0.313 e. The number of aromatic nitrogens is 2. The van der Waals surface area contributed by atoms with Crippen LogP contribution in [0.1, 0.15) is 43.5 Å². The zero-order chi connectivity index (χ0) is 18.4. The molecule has 1 aromatic carbocycles. The first-order chi connectivity index (χ1) is 11.7. The Morgan fingerprint density at radius 1 is 1.36 bits per heavy atom. The van der Waals surface area contributed by atoms with Crippen LogP contribution in [-0.2, 0) is 16.0 Å². The smallest absolute Gasteiger partial charge is 0.313 e. The Kier molecular flexibility index (Phi) is 4.20. The number of phenols is 1. The highest BCUT2D eigenvalue weighted by molar-refractivity contribution is 5.77. The Morgan fingerprint density at radius 2 is 2.08 bits per heavy atom. The van der Waals surface area contributed by atoms with Crippen molar-refractivity contribution < 1.29 is 19.7 Å². The summed E-state index contributed by atoms with van der Waals surface area (Å²) in [6, 6.07) is 6.36. The summed E-state index contributed by atoms with van der Waals surface area (Å²) in [5.41, 5.74) is -0.252. The van der Waals surface area contributed by atoms with E-state index in [2.05, 4.69) is 10.2 Å². The quantitative estimate of drug-likeness (QED) is 0.627. The predicted molar refractivity (Wildman–Crippen MR) is 90.4 cm³/mol. The fourth-order valence-corrected chi connectivity index (χ4v) is 3.64. The minimum atomic E-state index is -1.42. The minimum absolute atomic E-state index is 0.0206. The van der Waals surface area contributed by atoms with Crippen LogP contribution in [0.5, 0.6) is 5.75 Å². The number of nitrogens with one attached hydrogen (secondary N) is 2. The molecular formula is C18H22N2O5. The van der Waals surface area contributed by atoms with Crippen LogP contribution in [0.3, 0.4) is 0 Å². The molecule has 1 heterocycles. The molecule has 4 N–H and O–H groups in total. The van der Waals surface area contributed by atoms with E-state index in [1.54, 1.807) is 32.9 Å². The second-order valence-corrected chi connectivity index (χ2v) is 7.04. The van der Waals surface area contributed by atoms with Gasteiger partial charge < -0.3 is 20.0 Å². The Balaban J connectivity index is 2.20. The Morgan fingerprint density at radius 3 is 2.72 bits per heavy atom. The number of fused-ring (bicyclic) bond motifs is 1. The number of carbonyl (C=O) groups is 1. The number of hydrogen-bond acceptors (Lipinski definition) is 5. The first-order valence-corrected chi connectivity index (χ1v) is 8.22. The van der Waals surface area contributed by atoms with Crippen molar-refractivity contribution >= 4 is 5.97 Å². The highest BCUT2D eigenvalue weighted by Gasteiger charge is 2.51. The number of esters is 1. The normalized spacial score (nSPS) is 25.6. The number of aromatic hydroxyl groups is 1. The molecule has 0 amide bonds. The average Bonchev–Trinajstić information content (AvgIpc) is 2.84. The standard InChI is InChI=1S/C18H22N2O5/c1-9(2)25-17(23)15-13(10-5-4-6-11(21)7-10)14-12(8-18(15,3)24)19-20-16(14)22/h4-7,9,13,15,21,24H,8H2,1-3H3,(H2,19,20,22). The number of ether oxygens (including phenoxy) is 1. The van der Waals surface area contributed by atoms with Crippen LogP contribution >= 0.6 is 0 Å².